The molecule has 126 valence electrons. The average Bonchev–Trinajstić information content (AvgIpc) is 2.22. The molecule has 0 heterocycles. The molecule has 1 rings (SSSR count). The highest BCUT2D eigenvalue weighted by Gasteiger charge is 2.38. The van der Waals surface area contributed by atoms with Crippen molar-refractivity contribution < 1.29 is 0 Å². The summed E-state index contributed by atoms with van der Waals surface area (Å²) in [6.07, 6.45) is 0. The zero-order chi connectivity index (χ0) is 17.7. The summed E-state index contributed by atoms with van der Waals surface area (Å²) in [5, 5.41) is 4.98. The molecule has 0 aliphatic rings. The van der Waals surface area contributed by atoms with Crippen LogP contribution in [-0.2, 0) is 0 Å². The van der Waals surface area contributed by atoms with Crippen LogP contribution in [0, 0.1) is 0 Å². The Balaban J connectivity index is 3.90. The van der Waals surface area contributed by atoms with Gasteiger partial charge in [-0.05, 0) is 20.7 Å². The maximum absolute atomic E-state index is 6.81. The number of rotatable bonds is 4. The van der Waals surface area contributed by atoms with Crippen molar-refractivity contribution >= 4 is 94.6 Å². The summed E-state index contributed by atoms with van der Waals surface area (Å²) in [5.74, 6) is 0. The van der Waals surface area contributed by atoms with Crippen LogP contribution in [0.1, 0.15) is 0 Å². The van der Waals surface area contributed by atoms with E-state index in [2.05, 4.69) is 64.5 Å². The van der Waals surface area contributed by atoms with Crippen LogP contribution in [0.4, 0.5) is 0 Å². The molecular formula is C14H26Cl4Si4. The Kier molecular flexibility index (Phi) is 6.31. The Morgan fingerprint density at radius 2 is 0.591 bits per heavy atom. The van der Waals surface area contributed by atoms with Crippen LogP contribution in [0.15, 0.2) is 12.1 Å². The van der Waals surface area contributed by atoms with E-state index in [0.717, 1.165) is 0 Å². The fourth-order valence-electron chi connectivity index (χ4n) is 2.57. The lowest BCUT2D eigenvalue weighted by molar-refractivity contribution is 1.76. The van der Waals surface area contributed by atoms with Crippen LogP contribution >= 0.6 is 44.3 Å². The van der Waals surface area contributed by atoms with Crippen LogP contribution in [-0.4, -0.2) is 29.5 Å². The van der Waals surface area contributed by atoms with Crippen molar-refractivity contribution in [2.24, 2.45) is 0 Å². The largest absolute Gasteiger partial charge is 0.180 e. The van der Waals surface area contributed by atoms with Crippen molar-refractivity contribution in [2.45, 2.75) is 52.4 Å². The SMILES string of the molecule is C[Si](C)(Cl)c1cc([Si](C)(C)Cl)c([Si](C)(C)Cl)cc1[Si](C)(C)Cl. The van der Waals surface area contributed by atoms with Crippen molar-refractivity contribution in [3.8, 4) is 0 Å². The minimum atomic E-state index is -2.02. The fourth-order valence-corrected chi connectivity index (χ4v) is 14.2. The zero-order valence-electron chi connectivity index (χ0n) is 14.7. The van der Waals surface area contributed by atoms with Crippen molar-refractivity contribution in [1.82, 2.24) is 0 Å². The first-order valence-corrected chi connectivity index (χ1v) is 23.5. The molecule has 0 fully saturated rings. The van der Waals surface area contributed by atoms with E-state index < -0.39 is 29.5 Å². The number of hydrogen-bond acceptors (Lipinski definition) is 0. The second-order valence-electron chi connectivity index (χ2n) is 7.83. The first-order chi connectivity index (χ1) is 9.45. The third-order valence-electron chi connectivity index (χ3n) is 3.72. The van der Waals surface area contributed by atoms with Crippen molar-refractivity contribution in [1.29, 1.82) is 0 Å². The van der Waals surface area contributed by atoms with E-state index in [4.69, 9.17) is 44.3 Å². The summed E-state index contributed by atoms with van der Waals surface area (Å²) in [5.41, 5.74) is 0. The predicted molar refractivity (Wildman–Crippen MR) is 118 cm³/mol. The van der Waals surface area contributed by atoms with Gasteiger partial charge in [0.2, 0.25) is 0 Å². The van der Waals surface area contributed by atoms with Gasteiger partial charge in [-0.1, -0.05) is 64.5 Å². The maximum Gasteiger partial charge on any atom is 0.180 e. The van der Waals surface area contributed by atoms with Crippen molar-refractivity contribution in [2.75, 3.05) is 0 Å². The molecule has 0 saturated carbocycles. The van der Waals surface area contributed by atoms with Gasteiger partial charge in [0.25, 0.3) is 0 Å². The van der Waals surface area contributed by atoms with Crippen LogP contribution < -0.4 is 20.7 Å². The third kappa shape index (κ3) is 5.12. The molecular weight excluding hydrogens is 422 g/mol. The highest BCUT2D eigenvalue weighted by atomic mass is 35.6. The molecule has 0 unspecified atom stereocenters. The van der Waals surface area contributed by atoms with Gasteiger partial charge in [0.05, 0.1) is 0 Å². The van der Waals surface area contributed by atoms with Crippen LogP contribution in [0.25, 0.3) is 0 Å². The lowest BCUT2D eigenvalue weighted by Crippen LogP contribution is -2.63. The third-order valence-corrected chi connectivity index (χ3v) is 13.4. The normalized spacial score (nSPS) is 14.4. The minimum Gasteiger partial charge on any atom is -0.162 e. The molecule has 0 nitrogen and oxygen atoms in total. The summed E-state index contributed by atoms with van der Waals surface area (Å²) in [4.78, 5) is 0. The van der Waals surface area contributed by atoms with Gasteiger partial charge in [-0.25, -0.2) is 0 Å². The number of hydrogen-bond donors (Lipinski definition) is 0. The lowest BCUT2D eigenvalue weighted by Gasteiger charge is -2.32. The first kappa shape index (κ1) is 21.3. The van der Waals surface area contributed by atoms with E-state index >= 15 is 0 Å². The molecule has 0 aliphatic heterocycles. The Labute approximate surface area is 158 Å². The summed E-state index contributed by atoms with van der Waals surface area (Å²) in [6, 6.07) is 4.52. The summed E-state index contributed by atoms with van der Waals surface area (Å²) >= 11 is 27.2. The Hall–Kier alpha value is 1.25. The smallest absolute Gasteiger partial charge is 0.162 e. The second-order valence-corrected chi connectivity index (χ2v) is 33.1. The topological polar surface area (TPSA) is 0 Å². The highest BCUT2D eigenvalue weighted by Crippen LogP contribution is 2.17. The van der Waals surface area contributed by atoms with Gasteiger partial charge in [-0.2, -0.15) is 44.3 Å². The van der Waals surface area contributed by atoms with Gasteiger partial charge in [-0.3, -0.25) is 0 Å². The standard InChI is InChI=1S/C14H26Cl4Si4/c1-19(2,15)11-9-13(21(5,6)17)14(22(7,8)18)10-12(11)20(3,4)16/h9-10H,1-8H3. The van der Waals surface area contributed by atoms with Gasteiger partial charge >= 0.3 is 0 Å². The molecule has 0 aromatic heterocycles. The van der Waals surface area contributed by atoms with Gasteiger partial charge in [0, 0.05) is 0 Å². The Bertz CT molecular complexity index is 462. The summed E-state index contributed by atoms with van der Waals surface area (Å²) < 4.78 is 0. The molecule has 0 saturated heterocycles. The molecule has 1 aromatic carbocycles. The van der Waals surface area contributed by atoms with Gasteiger partial charge in [-0.15, -0.1) is 0 Å². The molecule has 1 aromatic rings. The van der Waals surface area contributed by atoms with E-state index in [0.29, 0.717) is 0 Å². The second kappa shape index (κ2) is 6.52. The molecule has 0 amide bonds. The van der Waals surface area contributed by atoms with Gasteiger partial charge < -0.3 is 0 Å². The van der Waals surface area contributed by atoms with E-state index in [-0.39, 0.29) is 0 Å². The highest BCUT2D eigenvalue weighted by molar-refractivity contribution is 7.34. The number of halogens is 4. The molecule has 0 spiro atoms. The first-order valence-electron chi connectivity index (χ1n) is 7.41. The quantitative estimate of drug-likeness (QED) is 0.476. The van der Waals surface area contributed by atoms with Crippen molar-refractivity contribution in [3.63, 3.8) is 0 Å². The molecule has 22 heavy (non-hydrogen) atoms. The van der Waals surface area contributed by atoms with E-state index in [9.17, 15) is 0 Å². The molecule has 8 heteroatoms. The summed E-state index contributed by atoms with van der Waals surface area (Å²) in [7, 11) is -8.09. The molecule has 0 bridgehead atoms. The molecule has 0 radical (unpaired) electrons. The predicted octanol–water partition coefficient (Wildman–Crippen LogP) is 4.29. The monoisotopic (exact) mass is 446 g/mol. The number of benzene rings is 1. The molecule has 0 N–H and O–H groups in total. The van der Waals surface area contributed by atoms with E-state index in [1.54, 1.807) is 0 Å². The Morgan fingerprint density at radius 1 is 0.455 bits per heavy atom. The summed E-state index contributed by atoms with van der Waals surface area (Å²) in [6.45, 7) is 17.2. The van der Waals surface area contributed by atoms with Crippen LogP contribution in [0.5, 0.6) is 0 Å². The average molecular weight is 449 g/mol. The Morgan fingerprint density at radius 3 is 0.682 bits per heavy atom. The molecule has 0 atom stereocenters. The minimum absolute atomic E-state index is 1.25. The fraction of sp³-hybridized carbons (Fsp3) is 0.571. The zero-order valence-corrected chi connectivity index (χ0v) is 21.7. The van der Waals surface area contributed by atoms with Crippen LogP contribution in [0.3, 0.4) is 0 Å². The van der Waals surface area contributed by atoms with E-state index in [1.165, 1.54) is 20.7 Å². The maximum atomic E-state index is 6.81. The lowest BCUT2D eigenvalue weighted by atomic mass is 10.3. The van der Waals surface area contributed by atoms with E-state index in [1.807, 2.05) is 0 Å². The van der Waals surface area contributed by atoms with Crippen molar-refractivity contribution in [3.05, 3.63) is 12.1 Å². The molecule has 0 aliphatic carbocycles. The van der Waals surface area contributed by atoms with Gasteiger partial charge in [0.1, 0.15) is 0 Å². The van der Waals surface area contributed by atoms with Crippen LogP contribution in [0.2, 0.25) is 52.4 Å². The van der Waals surface area contributed by atoms with Gasteiger partial charge in [0.15, 0.2) is 29.5 Å².